The van der Waals surface area contributed by atoms with Crippen molar-refractivity contribution in [1.82, 2.24) is 0 Å². The van der Waals surface area contributed by atoms with Crippen molar-refractivity contribution in [1.29, 1.82) is 0 Å². The van der Waals surface area contributed by atoms with Crippen LogP contribution in [0.5, 0.6) is 11.5 Å². The van der Waals surface area contributed by atoms with E-state index in [0.717, 1.165) is 17.1 Å². The zero-order valence-electron chi connectivity index (χ0n) is 11.1. The van der Waals surface area contributed by atoms with Crippen LogP contribution in [0.3, 0.4) is 0 Å². The van der Waals surface area contributed by atoms with E-state index in [0.29, 0.717) is 12.2 Å². The molecule has 0 fully saturated rings. The Morgan fingerprint density at radius 3 is 2.40 bits per heavy atom. The highest BCUT2D eigenvalue weighted by Crippen LogP contribution is 2.19. The largest absolute Gasteiger partial charge is 0.497 e. The van der Waals surface area contributed by atoms with E-state index in [1.807, 2.05) is 42.5 Å². The molecule has 5 heteroatoms. The van der Waals surface area contributed by atoms with E-state index in [2.05, 4.69) is 5.16 Å². The molecule has 0 bridgehead atoms. The summed E-state index contributed by atoms with van der Waals surface area (Å²) in [6.45, 7) is 0.332. The molecule has 0 saturated carbocycles. The van der Waals surface area contributed by atoms with E-state index in [1.54, 1.807) is 13.2 Å². The summed E-state index contributed by atoms with van der Waals surface area (Å²) >= 11 is 0. The van der Waals surface area contributed by atoms with Gasteiger partial charge >= 0.3 is 0 Å². The van der Waals surface area contributed by atoms with Gasteiger partial charge in [0.2, 0.25) is 0 Å². The average Bonchev–Trinajstić information content (AvgIpc) is 2.53. The third-order valence-corrected chi connectivity index (χ3v) is 2.85. The number of benzene rings is 2. The maximum Gasteiger partial charge on any atom is 0.170 e. The Labute approximate surface area is 117 Å². The van der Waals surface area contributed by atoms with E-state index in [-0.39, 0.29) is 5.84 Å². The Morgan fingerprint density at radius 1 is 1.10 bits per heavy atom. The predicted octanol–water partition coefficient (Wildman–Crippen LogP) is 2.37. The summed E-state index contributed by atoms with van der Waals surface area (Å²) in [4.78, 5) is 0. The molecule has 0 spiro atoms. The lowest BCUT2D eigenvalue weighted by Gasteiger charge is -2.10. The Morgan fingerprint density at radius 2 is 1.75 bits per heavy atom. The van der Waals surface area contributed by atoms with Gasteiger partial charge in [-0.2, -0.15) is 0 Å². The number of oxime groups is 1. The minimum absolute atomic E-state index is 0.0685. The quantitative estimate of drug-likeness (QED) is 0.379. The molecule has 0 unspecified atom stereocenters. The van der Waals surface area contributed by atoms with Crippen LogP contribution in [0.25, 0.3) is 0 Å². The first-order valence-electron chi connectivity index (χ1n) is 6.07. The Hall–Kier alpha value is -2.69. The van der Waals surface area contributed by atoms with Crippen LogP contribution in [0.4, 0.5) is 0 Å². The van der Waals surface area contributed by atoms with Gasteiger partial charge in [-0.25, -0.2) is 0 Å². The predicted molar refractivity (Wildman–Crippen MR) is 76.3 cm³/mol. The second-order valence-electron chi connectivity index (χ2n) is 4.11. The van der Waals surface area contributed by atoms with Crippen molar-refractivity contribution >= 4 is 5.84 Å². The highest BCUT2D eigenvalue weighted by Gasteiger charge is 2.07. The smallest absolute Gasteiger partial charge is 0.170 e. The SMILES string of the molecule is COc1ccc(OCc2ccccc2/C(N)=N/O)cc1. The molecule has 3 N–H and O–H groups in total. The monoisotopic (exact) mass is 272 g/mol. The van der Waals surface area contributed by atoms with Crippen LogP contribution in [0.1, 0.15) is 11.1 Å². The van der Waals surface area contributed by atoms with E-state index in [4.69, 9.17) is 20.4 Å². The highest BCUT2D eigenvalue weighted by atomic mass is 16.5. The summed E-state index contributed by atoms with van der Waals surface area (Å²) in [7, 11) is 1.61. The lowest BCUT2D eigenvalue weighted by molar-refractivity contribution is 0.304. The normalized spacial score (nSPS) is 11.2. The third kappa shape index (κ3) is 3.20. The van der Waals surface area contributed by atoms with Gasteiger partial charge in [0.05, 0.1) is 7.11 Å². The third-order valence-electron chi connectivity index (χ3n) is 2.85. The lowest BCUT2D eigenvalue weighted by Crippen LogP contribution is -2.16. The minimum Gasteiger partial charge on any atom is -0.497 e. The Kier molecular flexibility index (Phi) is 4.44. The molecule has 0 aliphatic heterocycles. The van der Waals surface area contributed by atoms with Gasteiger partial charge < -0.3 is 20.4 Å². The molecule has 0 amide bonds. The van der Waals surface area contributed by atoms with Gasteiger partial charge in [-0.3, -0.25) is 0 Å². The van der Waals surface area contributed by atoms with Crippen molar-refractivity contribution in [3.8, 4) is 11.5 Å². The van der Waals surface area contributed by atoms with Crippen molar-refractivity contribution in [3.63, 3.8) is 0 Å². The fourth-order valence-electron chi connectivity index (χ4n) is 1.78. The van der Waals surface area contributed by atoms with Crippen LogP contribution in [0.2, 0.25) is 0 Å². The maximum absolute atomic E-state index is 8.76. The van der Waals surface area contributed by atoms with E-state index in [1.165, 1.54) is 0 Å². The van der Waals surface area contributed by atoms with Gasteiger partial charge in [-0.05, 0) is 24.3 Å². The molecule has 2 aromatic rings. The standard InChI is InChI=1S/C15H16N2O3/c1-19-12-6-8-13(9-7-12)20-10-11-4-2-3-5-14(11)15(16)17-18/h2-9,18H,10H2,1H3,(H2,16,17). The molecular weight excluding hydrogens is 256 g/mol. The Balaban J connectivity index is 2.10. The van der Waals surface area contributed by atoms with E-state index in [9.17, 15) is 0 Å². The van der Waals surface area contributed by atoms with Crippen LogP contribution in [-0.2, 0) is 6.61 Å². The van der Waals surface area contributed by atoms with Gasteiger partial charge in [0.25, 0.3) is 0 Å². The van der Waals surface area contributed by atoms with E-state index < -0.39 is 0 Å². The number of rotatable bonds is 5. The maximum atomic E-state index is 8.76. The van der Waals surface area contributed by atoms with Crippen molar-refractivity contribution in [2.24, 2.45) is 10.9 Å². The summed E-state index contributed by atoms with van der Waals surface area (Å²) in [5, 5.41) is 11.8. The summed E-state index contributed by atoms with van der Waals surface area (Å²) in [6.07, 6.45) is 0. The first-order chi connectivity index (χ1) is 9.74. The van der Waals surface area contributed by atoms with Gasteiger partial charge in [-0.15, -0.1) is 0 Å². The molecule has 0 aliphatic carbocycles. The number of amidine groups is 1. The second kappa shape index (κ2) is 6.47. The second-order valence-corrected chi connectivity index (χ2v) is 4.11. The molecule has 0 aromatic heterocycles. The van der Waals surface area contributed by atoms with Gasteiger partial charge in [0.1, 0.15) is 18.1 Å². The number of nitrogens with two attached hydrogens (primary N) is 1. The molecule has 0 heterocycles. The van der Waals surface area contributed by atoms with Crippen LogP contribution in [-0.4, -0.2) is 18.2 Å². The van der Waals surface area contributed by atoms with Gasteiger partial charge in [-0.1, -0.05) is 29.4 Å². The zero-order chi connectivity index (χ0) is 14.4. The molecule has 5 nitrogen and oxygen atoms in total. The van der Waals surface area contributed by atoms with Crippen molar-refractivity contribution in [2.45, 2.75) is 6.61 Å². The lowest BCUT2D eigenvalue weighted by atomic mass is 10.1. The van der Waals surface area contributed by atoms with Crippen molar-refractivity contribution in [2.75, 3.05) is 7.11 Å². The van der Waals surface area contributed by atoms with E-state index >= 15 is 0 Å². The first kappa shape index (κ1) is 13.7. The van der Waals surface area contributed by atoms with Crippen molar-refractivity contribution in [3.05, 3.63) is 59.7 Å². The summed E-state index contributed by atoms with van der Waals surface area (Å²) < 4.78 is 10.8. The fourth-order valence-corrected chi connectivity index (χ4v) is 1.78. The number of hydrogen-bond donors (Lipinski definition) is 2. The van der Waals surface area contributed by atoms with Crippen LogP contribution >= 0.6 is 0 Å². The van der Waals surface area contributed by atoms with Crippen LogP contribution in [0, 0.1) is 0 Å². The number of hydrogen-bond acceptors (Lipinski definition) is 4. The summed E-state index contributed by atoms with van der Waals surface area (Å²) in [5.41, 5.74) is 7.13. The van der Waals surface area contributed by atoms with Crippen molar-refractivity contribution < 1.29 is 14.7 Å². The molecule has 0 aliphatic rings. The minimum atomic E-state index is 0.0685. The molecule has 20 heavy (non-hydrogen) atoms. The molecule has 0 atom stereocenters. The molecular formula is C15H16N2O3. The highest BCUT2D eigenvalue weighted by molar-refractivity contribution is 5.98. The number of ether oxygens (including phenoxy) is 2. The molecule has 0 radical (unpaired) electrons. The molecule has 104 valence electrons. The molecule has 0 saturated heterocycles. The molecule has 2 aromatic carbocycles. The topological polar surface area (TPSA) is 77.1 Å². The zero-order valence-corrected chi connectivity index (χ0v) is 11.1. The summed E-state index contributed by atoms with van der Waals surface area (Å²) in [6, 6.07) is 14.6. The van der Waals surface area contributed by atoms with Gasteiger partial charge in [0.15, 0.2) is 5.84 Å². The number of methoxy groups -OCH3 is 1. The first-order valence-corrected chi connectivity index (χ1v) is 6.07. The Bertz CT molecular complexity index is 594. The van der Waals surface area contributed by atoms with Gasteiger partial charge in [0, 0.05) is 11.1 Å². The summed E-state index contributed by atoms with van der Waals surface area (Å²) in [5.74, 6) is 1.56. The average molecular weight is 272 g/mol. The van der Waals surface area contributed by atoms with Crippen LogP contribution in [0.15, 0.2) is 53.7 Å². The van der Waals surface area contributed by atoms with Crippen LogP contribution < -0.4 is 15.2 Å². The molecule has 2 rings (SSSR count). The fraction of sp³-hybridized carbons (Fsp3) is 0.133. The number of nitrogens with zero attached hydrogens (tertiary/aromatic N) is 1.